The molecule has 8 heteroatoms. The Morgan fingerprint density at radius 3 is 2.46 bits per heavy atom. The number of fused-ring (bicyclic) bond motifs is 2. The molecule has 130 valence electrons. The molecule has 7 nitrogen and oxygen atoms in total. The van der Waals surface area contributed by atoms with Crippen LogP contribution in [0.3, 0.4) is 0 Å². The molecule has 26 heavy (non-hydrogen) atoms. The van der Waals surface area contributed by atoms with Crippen LogP contribution in [0.2, 0.25) is 0 Å². The first-order valence-electron chi connectivity index (χ1n) is 7.73. The topological polar surface area (TPSA) is 92.8 Å². The molecule has 0 fully saturated rings. The number of amides is 3. The number of hydrogen-bond donors (Lipinski definition) is 1. The predicted molar refractivity (Wildman–Crippen MR) is 93.0 cm³/mol. The third-order valence-electron chi connectivity index (χ3n) is 4.05. The fourth-order valence-electron chi connectivity index (χ4n) is 2.77. The Balaban J connectivity index is 1.47. The van der Waals surface area contributed by atoms with Crippen molar-refractivity contribution in [2.24, 2.45) is 0 Å². The van der Waals surface area contributed by atoms with Crippen molar-refractivity contribution in [3.05, 3.63) is 59.2 Å². The van der Waals surface area contributed by atoms with Gasteiger partial charge in [-0.15, -0.1) is 11.8 Å². The molecule has 2 aromatic rings. The molecular weight excluding hydrogens is 356 g/mol. The van der Waals surface area contributed by atoms with E-state index in [4.69, 9.17) is 4.74 Å². The van der Waals surface area contributed by atoms with Crippen LogP contribution in [0.15, 0.2) is 47.4 Å². The number of ether oxygens (including phenoxy) is 1. The van der Waals surface area contributed by atoms with E-state index in [1.807, 2.05) is 0 Å². The Morgan fingerprint density at radius 2 is 1.77 bits per heavy atom. The van der Waals surface area contributed by atoms with E-state index in [-0.39, 0.29) is 11.5 Å². The van der Waals surface area contributed by atoms with Gasteiger partial charge in [-0.2, -0.15) is 0 Å². The van der Waals surface area contributed by atoms with Crippen molar-refractivity contribution in [3.8, 4) is 0 Å². The first kappa shape index (κ1) is 16.3. The van der Waals surface area contributed by atoms with Gasteiger partial charge in [0.2, 0.25) is 5.91 Å². The fraction of sp³-hybridized carbons (Fsp3) is 0.111. The molecule has 0 saturated carbocycles. The van der Waals surface area contributed by atoms with E-state index in [0.29, 0.717) is 22.6 Å². The van der Waals surface area contributed by atoms with Crippen LogP contribution in [0.4, 0.5) is 5.69 Å². The summed E-state index contributed by atoms with van der Waals surface area (Å²) in [5.41, 5.74) is 1.36. The van der Waals surface area contributed by atoms with Gasteiger partial charge in [0.15, 0.2) is 6.73 Å². The first-order chi connectivity index (χ1) is 12.5. The molecule has 0 aliphatic carbocycles. The number of esters is 1. The van der Waals surface area contributed by atoms with E-state index in [0.717, 1.165) is 9.80 Å². The number of rotatable bonds is 3. The van der Waals surface area contributed by atoms with Gasteiger partial charge in [0.25, 0.3) is 11.8 Å². The lowest BCUT2D eigenvalue weighted by Gasteiger charge is -2.17. The molecule has 4 rings (SSSR count). The van der Waals surface area contributed by atoms with Crippen molar-refractivity contribution in [1.82, 2.24) is 4.90 Å². The number of imide groups is 1. The molecule has 2 heterocycles. The average molecular weight is 368 g/mol. The van der Waals surface area contributed by atoms with Gasteiger partial charge >= 0.3 is 5.97 Å². The van der Waals surface area contributed by atoms with Gasteiger partial charge in [-0.1, -0.05) is 12.1 Å². The summed E-state index contributed by atoms with van der Waals surface area (Å²) in [6, 6.07) is 11.3. The number of nitrogens with one attached hydrogen (secondary N) is 1. The van der Waals surface area contributed by atoms with E-state index in [2.05, 4.69) is 5.32 Å². The highest BCUT2D eigenvalue weighted by Crippen LogP contribution is 2.32. The Hall–Kier alpha value is -3.13. The SMILES string of the molecule is O=C1CSc2ccc(C(=O)OCN3C(=O)c4ccccc4C3=O)cc2N1. The number of nitrogens with zero attached hydrogens (tertiary/aromatic N) is 1. The third kappa shape index (κ3) is 2.74. The maximum Gasteiger partial charge on any atom is 0.339 e. The molecule has 0 spiro atoms. The van der Waals surface area contributed by atoms with Crippen LogP contribution in [-0.4, -0.2) is 41.1 Å². The number of carbonyl (C=O) groups excluding carboxylic acids is 4. The molecule has 0 unspecified atom stereocenters. The molecule has 0 atom stereocenters. The van der Waals surface area contributed by atoms with Gasteiger partial charge in [0.1, 0.15) is 0 Å². The van der Waals surface area contributed by atoms with Crippen molar-refractivity contribution in [1.29, 1.82) is 0 Å². The van der Waals surface area contributed by atoms with Crippen molar-refractivity contribution < 1.29 is 23.9 Å². The summed E-state index contributed by atoms with van der Waals surface area (Å²) in [5.74, 6) is -1.48. The maximum atomic E-state index is 12.3. The van der Waals surface area contributed by atoms with E-state index < -0.39 is 24.5 Å². The Bertz CT molecular complexity index is 937. The van der Waals surface area contributed by atoms with Crippen LogP contribution >= 0.6 is 11.8 Å². The molecule has 2 aliphatic rings. The monoisotopic (exact) mass is 368 g/mol. The van der Waals surface area contributed by atoms with E-state index in [1.54, 1.807) is 36.4 Å². The summed E-state index contributed by atoms with van der Waals surface area (Å²) in [7, 11) is 0. The molecule has 2 aromatic carbocycles. The number of carbonyl (C=O) groups is 4. The summed E-state index contributed by atoms with van der Waals surface area (Å²) in [5, 5.41) is 2.69. The molecule has 0 bridgehead atoms. The third-order valence-corrected chi connectivity index (χ3v) is 5.12. The highest BCUT2D eigenvalue weighted by Gasteiger charge is 2.35. The van der Waals surface area contributed by atoms with Crippen molar-refractivity contribution >= 4 is 41.1 Å². The van der Waals surface area contributed by atoms with Gasteiger partial charge in [-0.3, -0.25) is 14.4 Å². The molecule has 0 radical (unpaired) electrons. The summed E-state index contributed by atoms with van der Waals surface area (Å²) in [6.45, 7) is -0.469. The predicted octanol–water partition coefficient (Wildman–Crippen LogP) is 2.14. The normalized spacial score (nSPS) is 15.4. The van der Waals surface area contributed by atoms with Crippen LogP contribution in [0.25, 0.3) is 0 Å². The summed E-state index contributed by atoms with van der Waals surface area (Å²) >= 11 is 1.38. The molecular formula is C18H12N2O5S. The maximum absolute atomic E-state index is 12.3. The lowest BCUT2D eigenvalue weighted by atomic mass is 10.1. The highest BCUT2D eigenvalue weighted by molar-refractivity contribution is 8.00. The lowest BCUT2D eigenvalue weighted by molar-refractivity contribution is -0.113. The summed E-state index contributed by atoms with van der Waals surface area (Å²) in [6.07, 6.45) is 0. The minimum Gasteiger partial charge on any atom is -0.440 e. The molecule has 0 aromatic heterocycles. The second-order valence-corrected chi connectivity index (χ2v) is 6.71. The van der Waals surface area contributed by atoms with Gasteiger partial charge in [0, 0.05) is 4.90 Å². The Labute approximate surface area is 152 Å². The van der Waals surface area contributed by atoms with Gasteiger partial charge in [0.05, 0.1) is 28.1 Å². The Morgan fingerprint density at radius 1 is 1.08 bits per heavy atom. The molecule has 3 amide bonds. The van der Waals surface area contributed by atoms with Crippen LogP contribution in [0.5, 0.6) is 0 Å². The summed E-state index contributed by atoms with van der Waals surface area (Å²) in [4.78, 5) is 50.0. The largest absolute Gasteiger partial charge is 0.440 e. The minimum atomic E-state index is -0.686. The van der Waals surface area contributed by atoms with E-state index in [9.17, 15) is 19.2 Å². The zero-order valence-electron chi connectivity index (χ0n) is 13.4. The Kier molecular flexibility index (Phi) is 3.96. The van der Waals surface area contributed by atoms with Crippen LogP contribution in [0, 0.1) is 0 Å². The van der Waals surface area contributed by atoms with E-state index >= 15 is 0 Å². The summed E-state index contributed by atoms with van der Waals surface area (Å²) < 4.78 is 5.13. The molecule has 2 aliphatic heterocycles. The molecule has 1 N–H and O–H groups in total. The minimum absolute atomic E-state index is 0.140. The second kappa shape index (κ2) is 6.30. The fourth-order valence-corrected chi connectivity index (χ4v) is 3.56. The van der Waals surface area contributed by atoms with Crippen LogP contribution in [-0.2, 0) is 9.53 Å². The van der Waals surface area contributed by atoms with Crippen LogP contribution in [0.1, 0.15) is 31.1 Å². The molecule has 0 saturated heterocycles. The highest BCUT2D eigenvalue weighted by atomic mass is 32.2. The second-order valence-electron chi connectivity index (χ2n) is 5.69. The van der Waals surface area contributed by atoms with E-state index in [1.165, 1.54) is 17.8 Å². The average Bonchev–Trinajstić information content (AvgIpc) is 2.90. The zero-order chi connectivity index (χ0) is 18.3. The van der Waals surface area contributed by atoms with Crippen molar-refractivity contribution in [2.45, 2.75) is 4.90 Å². The number of thioether (sulfide) groups is 1. The standard InChI is InChI=1S/C18H12N2O5S/c21-15-8-26-14-6-5-10(7-13(14)19-15)18(24)25-9-20-16(22)11-3-1-2-4-12(11)17(20)23/h1-7H,8-9H2,(H,19,21). The lowest BCUT2D eigenvalue weighted by Crippen LogP contribution is -2.33. The van der Waals surface area contributed by atoms with Gasteiger partial charge in [-0.05, 0) is 30.3 Å². The number of hydrogen-bond acceptors (Lipinski definition) is 6. The van der Waals surface area contributed by atoms with Gasteiger partial charge in [-0.25, -0.2) is 9.69 Å². The number of anilines is 1. The zero-order valence-corrected chi connectivity index (χ0v) is 14.2. The van der Waals surface area contributed by atoms with Gasteiger partial charge < -0.3 is 10.1 Å². The quantitative estimate of drug-likeness (QED) is 0.659. The van der Waals surface area contributed by atoms with Crippen molar-refractivity contribution in [2.75, 3.05) is 17.8 Å². The smallest absolute Gasteiger partial charge is 0.339 e. The first-order valence-corrected chi connectivity index (χ1v) is 8.72. The number of benzene rings is 2. The van der Waals surface area contributed by atoms with Crippen LogP contribution < -0.4 is 5.32 Å². The van der Waals surface area contributed by atoms with Crippen molar-refractivity contribution in [3.63, 3.8) is 0 Å².